The van der Waals surface area contributed by atoms with Crippen LogP contribution in [0.5, 0.6) is 0 Å². The SMILES string of the molecule is Cc1ccc(NC(=O)c2cncn2C)c(C(=O)O)c1. The lowest BCUT2D eigenvalue weighted by Crippen LogP contribution is -2.17. The monoisotopic (exact) mass is 259 g/mol. The van der Waals surface area contributed by atoms with Crippen LogP contribution in [-0.4, -0.2) is 26.5 Å². The van der Waals surface area contributed by atoms with E-state index in [1.165, 1.54) is 18.6 Å². The number of aromatic nitrogens is 2. The second kappa shape index (κ2) is 4.93. The molecule has 0 fully saturated rings. The van der Waals surface area contributed by atoms with Crippen molar-refractivity contribution in [2.75, 3.05) is 5.32 Å². The van der Waals surface area contributed by atoms with Gasteiger partial charge in [0.1, 0.15) is 5.69 Å². The van der Waals surface area contributed by atoms with Crippen molar-refractivity contribution in [3.05, 3.63) is 47.5 Å². The fourth-order valence-corrected chi connectivity index (χ4v) is 1.71. The number of hydrogen-bond donors (Lipinski definition) is 2. The molecular weight excluding hydrogens is 246 g/mol. The summed E-state index contributed by atoms with van der Waals surface area (Å²) in [5.41, 5.74) is 1.51. The van der Waals surface area contributed by atoms with E-state index in [4.69, 9.17) is 5.11 Å². The summed E-state index contributed by atoms with van der Waals surface area (Å²) in [6.07, 6.45) is 2.92. The topological polar surface area (TPSA) is 84.2 Å². The van der Waals surface area contributed by atoms with Gasteiger partial charge < -0.3 is 15.0 Å². The van der Waals surface area contributed by atoms with Crippen LogP contribution in [0.15, 0.2) is 30.7 Å². The van der Waals surface area contributed by atoms with E-state index in [1.807, 2.05) is 0 Å². The van der Waals surface area contributed by atoms with Crippen molar-refractivity contribution in [3.8, 4) is 0 Å². The normalized spacial score (nSPS) is 10.2. The Morgan fingerprint density at radius 1 is 1.37 bits per heavy atom. The molecule has 0 spiro atoms. The summed E-state index contributed by atoms with van der Waals surface area (Å²) in [7, 11) is 1.69. The van der Waals surface area contributed by atoms with Gasteiger partial charge in [-0.15, -0.1) is 0 Å². The zero-order chi connectivity index (χ0) is 14.0. The standard InChI is InChI=1S/C13H13N3O3/c1-8-3-4-10(9(5-8)13(18)19)15-12(17)11-6-14-7-16(11)2/h3-7H,1-2H3,(H,15,17)(H,18,19). The number of carboxylic acid groups (broad SMARTS) is 1. The van der Waals surface area contributed by atoms with Crippen molar-refractivity contribution in [2.24, 2.45) is 7.05 Å². The number of nitrogens with one attached hydrogen (secondary N) is 1. The molecule has 0 saturated carbocycles. The first-order valence-corrected chi connectivity index (χ1v) is 5.60. The van der Waals surface area contributed by atoms with Gasteiger partial charge >= 0.3 is 5.97 Å². The first kappa shape index (κ1) is 12.8. The van der Waals surface area contributed by atoms with E-state index in [9.17, 15) is 9.59 Å². The van der Waals surface area contributed by atoms with E-state index in [-0.39, 0.29) is 11.3 Å². The van der Waals surface area contributed by atoms with Crippen molar-refractivity contribution < 1.29 is 14.7 Å². The molecule has 2 aromatic rings. The lowest BCUT2D eigenvalue weighted by atomic mass is 10.1. The van der Waals surface area contributed by atoms with Crippen LogP contribution in [0.2, 0.25) is 0 Å². The van der Waals surface area contributed by atoms with E-state index in [1.54, 1.807) is 30.7 Å². The summed E-state index contributed by atoms with van der Waals surface area (Å²) < 4.78 is 1.56. The Bertz CT molecular complexity index is 646. The van der Waals surface area contributed by atoms with E-state index in [0.29, 0.717) is 5.69 Å². The van der Waals surface area contributed by atoms with Crippen LogP contribution in [0.1, 0.15) is 26.4 Å². The summed E-state index contributed by atoms with van der Waals surface area (Å²) in [5.74, 6) is -1.48. The Balaban J connectivity index is 2.32. The molecule has 0 radical (unpaired) electrons. The number of rotatable bonds is 3. The summed E-state index contributed by atoms with van der Waals surface area (Å²) in [6, 6.07) is 4.83. The third kappa shape index (κ3) is 2.62. The molecular formula is C13H13N3O3. The Kier molecular flexibility index (Phi) is 3.33. The summed E-state index contributed by atoms with van der Waals surface area (Å²) in [6.45, 7) is 1.79. The molecule has 0 unspecified atom stereocenters. The molecule has 0 aliphatic rings. The van der Waals surface area contributed by atoms with Gasteiger partial charge in [-0.1, -0.05) is 11.6 Å². The van der Waals surface area contributed by atoms with E-state index < -0.39 is 11.9 Å². The number of nitrogens with zero attached hydrogens (tertiary/aromatic N) is 2. The number of benzene rings is 1. The number of anilines is 1. The lowest BCUT2D eigenvalue weighted by molar-refractivity contribution is 0.0698. The van der Waals surface area contributed by atoms with Crippen LogP contribution in [0, 0.1) is 6.92 Å². The van der Waals surface area contributed by atoms with Gasteiger partial charge in [0.2, 0.25) is 0 Å². The number of aryl methyl sites for hydroxylation is 2. The van der Waals surface area contributed by atoms with Gasteiger partial charge in [0.15, 0.2) is 0 Å². The predicted molar refractivity (Wildman–Crippen MR) is 69.3 cm³/mol. The largest absolute Gasteiger partial charge is 0.478 e. The highest BCUT2D eigenvalue weighted by atomic mass is 16.4. The molecule has 6 heteroatoms. The Morgan fingerprint density at radius 2 is 2.11 bits per heavy atom. The molecule has 1 heterocycles. The summed E-state index contributed by atoms with van der Waals surface area (Å²) >= 11 is 0. The molecule has 1 aromatic heterocycles. The molecule has 19 heavy (non-hydrogen) atoms. The zero-order valence-corrected chi connectivity index (χ0v) is 10.5. The van der Waals surface area contributed by atoms with Crippen LogP contribution < -0.4 is 5.32 Å². The van der Waals surface area contributed by atoms with Crippen LogP contribution in [-0.2, 0) is 7.05 Å². The number of hydrogen-bond acceptors (Lipinski definition) is 3. The summed E-state index contributed by atoms with van der Waals surface area (Å²) in [4.78, 5) is 27.0. The van der Waals surface area contributed by atoms with Crippen LogP contribution >= 0.6 is 0 Å². The fraction of sp³-hybridized carbons (Fsp3) is 0.154. The molecule has 2 N–H and O–H groups in total. The highest BCUT2D eigenvalue weighted by Crippen LogP contribution is 2.18. The van der Waals surface area contributed by atoms with E-state index in [2.05, 4.69) is 10.3 Å². The second-order valence-electron chi connectivity index (χ2n) is 4.20. The zero-order valence-electron chi connectivity index (χ0n) is 10.5. The molecule has 0 aliphatic carbocycles. The molecule has 0 aliphatic heterocycles. The minimum absolute atomic E-state index is 0.0653. The molecule has 2 rings (SSSR count). The number of imidazole rings is 1. The van der Waals surface area contributed by atoms with Crippen molar-refractivity contribution in [3.63, 3.8) is 0 Å². The molecule has 0 bridgehead atoms. The molecule has 1 amide bonds. The lowest BCUT2D eigenvalue weighted by Gasteiger charge is -2.09. The van der Waals surface area contributed by atoms with Crippen molar-refractivity contribution in [1.29, 1.82) is 0 Å². The third-order valence-corrected chi connectivity index (χ3v) is 2.70. The Labute approximate surface area is 109 Å². The Hall–Kier alpha value is -2.63. The highest BCUT2D eigenvalue weighted by molar-refractivity contribution is 6.06. The average Bonchev–Trinajstić information content (AvgIpc) is 2.77. The molecule has 98 valence electrons. The first-order valence-electron chi connectivity index (χ1n) is 5.60. The fourth-order valence-electron chi connectivity index (χ4n) is 1.71. The Morgan fingerprint density at radius 3 is 2.68 bits per heavy atom. The van der Waals surface area contributed by atoms with Crippen molar-refractivity contribution in [2.45, 2.75) is 6.92 Å². The van der Waals surface area contributed by atoms with Crippen molar-refractivity contribution >= 4 is 17.6 Å². The van der Waals surface area contributed by atoms with Crippen LogP contribution in [0.25, 0.3) is 0 Å². The van der Waals surface area contributed by atoms with Gasteiger partial charge in [-0.25, -0.2) is 9.78 Å². The van der Waals surface area contributed by atoms with Gasteiger partial charge in [-0.05, 0) is 19.1 Å². The van der Waals surface area contributed by atoms with Gasteiger partial charge in [0.05, 0.1) is 23.8 Å². The molecule has 0 atom stereocenters. The van der Waals surface area contributed by atoms with E-state index >= 15 is 0 Å². The van der Waals surface area contributed by atoms with Gasteiger partial charge in [-0.2, -0.15) is 0 Å². The second-order valence-corrected chi connectivity index (χ2v) is 4.20. The highest BCUT2D eigenvalue weighted by Gasteiger charge is 2.15. The average molecular weight is 259 g/mol. The van der Waals surface area contributed by atoms with Crippen molar-refractivity contribution in [1.82, 2.24) is 9.55 Å². The minimum atomic E-state index is -1.08. The number of carboxylic acids is 1. The molecule has 0 saturated heterocycles. The number of amides is 1. The number of carbonyl (C=O) groups is 2. The third-order valence-electron chi connectivity index (χ3n) is 2.70. The first-order chi connectivity index (χ1) is 8.99. The molecule has 6 nitrogen and oxygen atoms in total. The molecule has 1 aromatic carbocycles. The maximum absolute atomic E-state index is 12.0. The predicted octanol–water partition coefficient (Wildman–Crippen LogP) is 1.68. The quantitative estimate of drug-likeness (QED) is 0.878. The number of carbonyl (C=O) groups excluding carboxylic acids is 1. The van der Waals surface area contributed by atoms with Gasteiger partial charge in [0.25, 0.3) is 5.91 Å². The minimum Gasteiger partial charge on any atom is -0.478 e. The van der Waals surface area contributed by atoms with Crippen LogP contribution in [0.4, 0.5) is 5.69 Å². The van der Waals surface area contributed by atoms with Gasteiger partial charge in [-0.3, -0.25) is 4.79 Å². The van der Waals surface area contributed by atoms with Gasteiger partial charge in [0, 0.05) is 7.05 Å². The van der Waals surface area contributed by atoms with E-state index in [0.717, 1.165) is 5.56 Å². The maximum atomic E-state index is 12.0. The van der Waals surface area contributed by atoms with Crippen LogP contribution in [0.3, 0.4) is 0 Å². The maximum Gasteiger partial charge on any atom is 0.337 e. The smallest absolute Gasteiger partial charge is 0.337 e. The number of aromatic carboxylic acids is 1. The summed E-state index contributed by atoms with van der Waals surface area (Å²) in [5, 5.41) is 11.7.